The lowest BCUT2D eigenvalue weighted by Crippen LogP contribution is -2.31. The number of hydrogen-bond acceptors (Lipinski definition) is 3. The van der Waals surface area contributed by atoms with Crippen LogP contribution in [0.4, 0.5) is 18.9 Å². The van der Waals surface area contributed by atoms with Gasteiger partial charge in [0, 0.05) is 7.05 Å². The molecule has 0 spiro atoms. The van der Waals surface area contributed by atoms with Gasteiger partial charge in [-0.1, -0.05) is 0 Å². The summed E-state index contributed by atoms with van der Waals surface area (Å²) in [5, 5.41) is 8.83. The molecule has 0 atom stereocenters. The lowest BCUT2D eigenvalue weighted by Gasteiger charge is -2.19. The normalized spacial score (nSPS) is 10.8. The van der Waals surface area contributed by atoms with Crippen LogP contribution in [0.2, 0.25) is 0 Å². The van der Waals surface area contributed by atoms with Gasteiger partial charge in [0.15, 0.2) is 0 Å². The van der Waals surface area contributed by atoms with Gasteiger partial charge >= 0.3 is 6.18 Å². The molecule has 1 rings (SSSR count). The molecule has 0 bridgehead atoms. The second-order valence-corrected chi connectivity index (χ2v) is 3.66. The Morgan fingerprint density at radius 1 is 1.50 bits per heavy atom. The fourth-order valence-electron chi connectivity index (χ4n) is 1.45. The summed E-state index contributed by atoms with van der Waals surface area (Å²) >= 11 is 0. The SMILES string of the molecule is CN(CC(N)=O)c1ccc(C(F)(F)F)cc1C#N. The van der Waals surface area contributed by atoms with Crippen molar-refractivity contribution in [3.05, 3.63) is 29.3 Å². The summed E-state index contributed by atoms with van der Waals surface area (Å²) in [4.78, 5) is 12.0. The summed E-state index contributed by atoms with van der Waals surface area (Å²) < 4.78 is 37.4. The topological polar surface area (TPSA) is 70.1 Å². The number of alkyl halides is 3. The van der Waals surface area contributed by atoms with E-state index >= 15 is 0 Å². The monoisotopic (exact) mass is 257 g/mol. The number of nitrogens with two attached hydrogens (primary N) is 1. The van der Waals surface area contributed by atoms with Crippen LogP contribution in [-0.4, -0.2) is 19.5 Å². The van der Waals surface area contributed by atoms with Gasteiger partial charge in [0.1, 0.15) is 6.07 Å². The molecule has 0 aliphatic rings. The van der Waals surface area contributed by atoms with Crippen molar-refractivity contribution < 1.29 is 18.0 Å². The number of benzene rings is 1. The number of hydrogen-bond donors (Lipinski definition) is 1. The molecule has 0 fully saturated rings. The second-order valence-electron chi connectivity index (χ2n) is 3.66. The van der Waals surface area contributed by atoms with Gasteiger partial charge in [-0.3, -0.25) is 4.79 Å². The molecule has 0 radical (unpaired) electrons. The second kappa shape index (κ2) is 4.96. The molecule has 0 aromatic heterocycles. The van der Waals surface area contributed by atoms with Crippen LogP contribution >= 0.6 is 0 Å². The third kappa shape index (κ3) is 3.13. The molecule has 0 unspecified atom stereocenters. The Labute approximate surface area is 101 Å². The predicted octanol–water partition coefficient (Wildman–Crippen LogP) is 1.50. The average molecular weight is 257 g/mol. The lowest BCUT2D eigenvalue weighted by molar-refractivity contribution is -0.137. The summed E-state index contributed by atoms with van der Waals surface area (Å²) in [5.41, 5.74) is 4.14. The molecule has 0 aliphatic heterocycles. The highest BCUT2D eigenvalue weighted by Crippen LogP contribution is 2.32. The predicted molar refractivity (Wildman–Crippen MR) is 58.6 cm³/mol. The number of nitriles is 1. The van der Waals surface area contributed by atoms with Gasteiger partial charge in [-0.05, 0) is 18.2 Å². The van der Waals surface area contributed by atoms with Gasteiger partial charge in [0.25, 0.3) is 0 Å². The van der Waals surface area contributed by atoms with E-state index in [0.717, 1.165) is 18.2 Å². The smallest absolute Gasteiger partial charge is 0.368 e. The van der Waals surface area contributed by atoms with Gasteiger partial charge < -0.3 is 10.6 Å². The van der Waals surface area contributed by atoms with Crippen LogP contribution in [-0.2, 0) is 11.0 Å². The summed E-state index contributed by atoms with van der Waals surface area (Å²) in [5.74, 6) is -0.638. The number of carbonyl (C=O) groups is 1. The van der Waals surface area contributed by atoms with Gasteiger partial charge in [-0.15, -0.1) is 0 Å². The quantitative estimate of drug-likeness (QED) is 0.892. The molecule has 18 heavy (non-hydrogen) atoms. The number of halogens is 3. The van der Waals surface area contributed by atoms with E-state index in [0.29, 0.717) is 0 Å². The van der Waals surface area contributed by atoms with Crippen molar-refractivity contribution in [1.82, 2.24) is 0 Å². The van der Waals surface area contributed by atoms with E-state index in [1.54, 1.807) is 6.07 Å². The summed E-state index contributed by atoms with van der Waals surface area (Å²) in [6, 6.07) is 4.41. The van der Waals surface area contributed by atoms with Crippen LogP contribution < -0.4 is 10.6 Å². The molecule has 1 aromatic rings. The van der Waals surface area contributed by atoms with Crippen molar-refractivity contribution in [2.45, 2.75) is 6.18 Å². The highest BCUT2D eigenvalue weighted by Gasteiger charge is 2.31. The number of carbonyl (C=O) groups excluding carboxylic acids is 1. The van der Waals surface area contributed by atoms with Crippen molar-refractivity contribution in [3.8, 4) is 6.07 Å². The number of primary amides is 1. The molecule has 0 saturated carbocycles. The largest absolute Gasteiger partial charge is 0.416 e. The van der Waals surface area contributed by atoms with Crippen molar-refractivity contribution >= 4 is 11.6 Å². The maximum atomic E-state index is 12.5. The average Bonchev–Trinajstić information content (AvgIpc) is 2.26. The summed E-state index contributed by atoms with van der Waals surface area (Å²) in [6.45, 7) is -0.181. The minimum absolute atomic E-state index is 0.159. The Bertz CT molecular complexity index is 505. The van der Waals surface area contributed by atoms with Crippen LogP contribution in [0, 0.1) is 11.3 Å². The molecule has 1 amide bonds. The summed E-state index contributed by atoms with van der Waals surface area (Å²) in [7, 11) is 1.47. The Kier molecular flexibility index (Phi) is 3.81. The van der Waals surface area contributed by atoms with Crippen LogP contribution in [0.15, 0.2) is 18.2 Å². The number of amides is 1. The molecule has 0 aliphatic carbocycles. The highest BCUT2D eigenvalue weighted by molar-refractivity contribution is 5.80. The number of nitrogens with zero attached hydrogens (tertiary/aromatic N) is 2. The number of anilines is 1. The minimum Gasteiger partial charge on any atom is -0.368 e. The maximum Gasteiger partial charge on any atom is 0.416 e. The van der Waals surface area contributed by atoms with E-state index in [4.69, 9.17) is 11.0 Å². The molecular weight excluding hydrogens is 247 g/mol. The fourth-order valence-corrected chi connectivity index (χ4v) is 1.45. The van der Waals surface area contributed by atoms with Crippen molar-refractivity contribution in [3.63, 3.8) is 0 Å². The first kappa shape index (κ1) is 13.8. The van der Waals surface area contributed by atoms with E-state index in [1.807, 2.05) is 0 Å². The van der Waals surface area contributed by atoms with E-state index in [2.05, 4.69) is 0 Å². The number of likely N-dealkylation sites (N-methyl/N-ethyl adjacent to an activating group) is 1. The van der Waals surface area contributed by atoms with Crippen molar-refractivity contribution in [2.24, 2.45) is 5.73 Å². The van der Waals surface area contributed by atoms with Crippen LogP contribution in [0.1, 0.15) is 11.1 Å². The standard InChI is InChI=1S/C11H10F3N3O/c1-17(6-10(16)18)9-3-2-8(11(12,13)14)4-7(9)5-15/h2-4H,6H2,1H3,(H2,16,18). The van der Waals surface area contributed by atoms with Gasteiger partial charge in [0.05, 0.1) is 23.4 Å². The molecule has 2 N–H and O–H groups in total. The Balaban J connectivity index is 3.17. The van der Waals surface area contributed by atoms with Gasteiger partial charge in [-0.2, -0.15) is 18.4 Å². The van der Waals surface area contributed by atoms with Gasteiger partial charge in [-0.25, -0.2) is 0 Å². The van der Waals surface area contributed by atoms with Crippen molar-refractivity contribution in [2.75, 3.05) is 18.5 Å². The Morgan fingerprint density at radius 3 is 2.56 bits per heavy atom. The molecule has 4 nitrogen and oxygen atoms in total. The third-order valence-corrected chi connectivity index (χ3v) is 2.25. The first-order valence-electron chi connectivity index (χ1n) is 4.86. The van der Waals surface area contributed by atoms with E-state index in [-0.39, 0.29) is 17.8 Å². The highest BCUT2D eigenvalue weighted by atomic mass is 19.4. The maximum absolute atomic E-state index is 12.5. The number of rotatable bonds is 3. The molecular formula is C11H10F3N3O. The fraction of sp³-hybridized carbons (Fsp3) is 0.273. The van der Waals surface area contributed by atoms with E-state index in [9.17, 15) is 18.0 Å². The van der Waals surface area contributed by atoms with E-state index < -0.39 is 17.6 Å². The van der Waals surface area contributed by atoms with Crippen LogP contribution in [0.5, 0.6) is 0 Å². The van der Waals surface area contributed by atoms with Crippen LogP contribution in [0.3, 0.4) is 0 Å². The summed E-state index contributed by atoms with van der Waals surface area (Å²) in [6.07, 6.45) is -4.51. The Morgan fingerprint density at radius 2 is 2.11 bits per heavy atom. The van der Waals surface area contributed by atoms with Crippen molar-refractivity contribution in [1.29, 1.82) is 5.26 Å². The minimum atomic E-state index is -4.51. The lowest BCUT2D eigenvalue weighted by atomic mass is 10.1. The third-order valence-electron chi connectivity index (χ3n) is 2.25. The molecule has 96 valence electrons. The molecule has 1 aromatic carbocycles. The molecule has 0 heterocycles. The molecule has 0 saturated heterocycles. The van der Waals surface area contributed by atoms with Crippen LogP contribution in [0.25, 0.3) is 0 Å². The van der Waals surface area contributed by atoms with E-state index in [1.165, 1.54) is 11.9 Å². The first-order valence-corrected chi connectivity index (χ1v) is 4.86. The zero-order valence-corrected chi connectivity index (χ0v) is 9.45. The zero-order chi connectivity index (χ0) is 13.9. The van der Waals surface area contributed by atoms with Gasteiger partial charge in [0.2, 0.25) is 5.91 Å². The Hall–Kier alpha value is -2.23. The molecule has 7 heteroatoms. The first-order chi connectivity index (χ1) is 8.25. The zero-order valence-electron chi connectivity index (χ0n) is 9.45.